The maximum atomic E-state index is 10.4. The fourth-order valence-corrected chi connectivity index (χ4v) is 2.68. The number of aliphatic hydroxyl groups excluding tert-OH is 1. The highest BCUT2D eigenvalue weighted by Crippen LogP contribution is 2.32. The van der Waals surface area contributed by atoms with Crippen LogP contribution in [-0.4, -0.2) is 12.2 Å². The second-order valence-corrected chi connectivity index (χ2v) is 5.38. The van der Waals surface area contributed by atoms with Gasteiger partial charge in [-0.1, -0.05) is 35.9 Å². The maximum Gasteiger partial charge on any atom is 0.120 e. The van der Waals surface area contributed by atoms with Gasteiger partial charge in [0.1, 0.15) is 11.9 Å². The molecule has 0 bridgehead atoms. The zero-order valence-electron chi connectivity index (χ0n) is 9.73. The highest BCUT2D eigenvalue weighted by atomic mass is 127. The van der Waals surface area contributed by atoms with Gasteiger partial charge in [-0.2, -0.15) is 0 Å². The number of halogens is 2. The summed E-state index contributed by atoms with van der Waals surface area (Å²) in [5.41, 5.74) is 1.53. The standard InChI is InChI=1S/C14H12ClIO2/c1-18-9-6-7-10(12(15)8-9)14(17)11-4-2-3-5-13(11)16/h2-8,14,17H,1H3. The molecular weight excluding hydrogens is 363 g/mol. The molecule has 0 saturated heterocycles. The molecule has 0 aromatic heterocycles. The molecule has 0 aliphatic rings. The lowest BCUT2D eigenvalue weighted by atomic mass is 10.0. The van der Waals surface area contributed by atoms with E-state index in [0.717, 1.165) is 9.13 Å². The lowest BCUT2D eigenvalue weighted by Crippen LogP contribution is -2.02. The van der Waals surface area contributed by atoms with Crippen molar-refractivity contribution in [1.82, 2.24) is 0 Å². The van der Waals surface area contributed by atoms with Crippen LogP contribution in [-0.2, 0) is 0 Å². The van der Waals surface area contributed by atoms with Gasteiger partial charge in [-0.15, -0.1) is 0 Å². The van der Waals surface area contributed by atoms with Crippen molar-refractivity contribution in [3.8, 4) is 5.75 Å². The van der Waals surface area contributed by atoms with Crippen molar-refractivity contribution >= 4 is 34.2 Å². The van der Waals surface area contributed by atoms with Gasteiger partial charge in [0.05, 0.1) is 12.1 Å². The van der Waals surface area contributed by atoms with Crippen molar-refractivity contribution in [3.63, 3.8) is 0 Å². The lowest BCUT2D eigenvalue weighted by molar-refractivity contribution is 0.219. The molecule has 2 aromatic carbocycles. The number of hydrogen-bond donors (Lipinski definition) is 1. The van der Waals surface area contributed by atoms with Crippen molar-refractivity contribution in [1.29, 1.82) is 0 Å². The van der Waals surface area contributed by atoms with Gasteiger partial charge in [-0.25, -0.2) is 0 Å². The molecule has 0 aliphatic heterocycles. The molecule has 2 nitrogen and oxygen atoms in total. The summed E-state index contributed by atoms with van der Waals surface area (Å²) < 4.78 is 6.10. The van der Waals surface area contributed by atoms with Crippen molar-refractivity contribution in [2.24, 2.45) is 0 Å². The molecular formula is C14H12ClIO2. The zero-order valence-corrected chi connectivity index (χ0v) is 12.6. The monoisotopic (exact) mass is 374 g/mol. The van der Waals surface area contributed by atoms with E-state index in [1.165, 1.54) is 0 Å². The Morgan fingerprint density at radius 3 is 2.50 bits per heavy atom. The average Bonchev–Trinajstić information content (AvgIpc) is 2.38. The largest absolute Gasteiger partial charge is 0.497 e. The minimum absolute atomic E-state index is 0.501. The molecule has 0 fully saturated rings. The molecule has 0 amide bonds. The van der Waals surface area contributed by atoms with Crippen LogP contribution >= 0.6 is 34.2 Å². The molecule has 18 heavy (non-hydrogen) atoms. The molecule has 0 spiro atoms. The Balaban J connectivity index is 2.40. The number of rotatable bonds is 3. The predicted octanol–water partition coefficient (Wildman–Crippen LogP) is 4.03. The van der Waals surface area contributed by atoms with Gasteiger partial charge < -0.3 is 9.84 Å². The minimum atomic E-state index is -0.725. The summed E-state index contributed by atoms with van der Waals surface area (Å²) >= 11 is 8.36. The fourth-order valence-electron chi connectivity index (χ4n) is 1.72. The van der Waals surface area contributed by atoms with Crippen LogP contribution in [0.3, 0.4) is 0 Å². The summed E-state index contributed by atoms with van der Waals surface area (Å²) in [7, 11) is 1.59. The maximum absolute atomic E-state index is 10.4. The Morgan fingerprint density at radius 1 is 1.17 bits per heavy atom. The highest BCUT2D eigenvalue weighted by molar-refractivity contribution is 14.1. The van der Waals surface area contributed by atoms with Crippen molar-refractivity contribution in [3.05, 3.63) is 62.2 Å². The Hall–Kier alpha value is -0.780. The van der Waals surface area contributed by atoms with E-state index >= 15 is 0 Å². The van der Waals surface area contributed by atoms with Gasteiger partial charge in [0.25, 0.3) is 0 Å². The summed E-state index contributed by atoms with van der Waals surface area (Å²) in [6.07, 6.45) is -0.725. The Morgan fingerprint density at radius 2 is 1.89 bits per heavy atom. The molecule has 1 unspecified atom stereocenters. The van der Waals surface area contributed by atoms with Gasteiger partial charge in [-0.05, 0) is 46.4 Å². The van der Waals surface area contributed by atoms with Crippen LogP contribution in [0.1, 0.15) is 17.2 Å². The van der Waals surface area contributed by atoms with Crippen molar-refractivity contribution < 1.29 is 9.84 Å². The van der Waals surface area contributed by atoms with E-state index in [0.29, 0.717) is 16.3 Å². The van der Waals surface area contributed by atoms with E-state index in [4.69, 9.17) is 16.3 Å². The summed E-state index contributed by atoms with van der Waals surface area (Å²) in [5, 5.41) is 10.9. The topological polar surface area (TPSA) is 29.5 Å². The molecule has 1 N–H and O–H groups in total. The summed E-state index contributed by atoms with van der Waals surface area (Å²) in [6.45, 7) is 0. The lowest BCUT2D eigenvalue weighted by Gasteiger charge is -2.15. The minimum Gasteiger partial charge on any atom is -0.497 e. The first-order valence-electron chi connectivity index (χ1n) is 5.39. The third-order valence-electron chi connectivity index (χ3n) is 2.70. The molecule has 94 valence electrons. The number of benzene rings is 2. The van der Waals surface area contributed by atoms with Crippen LogP contribution in [0.15, 0.2) is 42.5 Å². The van der Waals surface area contributed by atoms with E-state index in [1.807, 2.05) is 24.3 Å². The van der Waals surface area contributed by atoms with Crippen LogP contribution in [0, 0.1) is 3.57 Å². The number of hydrogen-bond acceptors (Lipinski definition) is 2. The Bertz CT molecular complexity index is 557. The molecule has 0 heterocycles. The first-order valence-corrected chi connectivity index (χ1v) is 6.85. The molecule has 2 rings (SSSR count). The predicted molar refractivity (Wildman–Crippen MR) is 81.2 cm³/mol. The van der Waals surface area contributed by atoms with Gasteiger partial charge in [0.2, 0.25) is 0 Å². The molecule has 0 aliphatic carbocycles. The Labute approximate surface area is 125 Å². The second kappa shape index (κ2) is 5.91. The molecule has 4 heteroatoms. The average molecular weight is 375 g/mol. The van der Waals surface area contributed by atoms with Crippen LogP contribution < -0.4 is 4.74 Å². The number of methoxy groups -OCH3 is 1. The molecule has 0 saturated carbocycles. The third kappa shape index (κ3) is 2.79. The summed E-state index contributed by atoms with van der Waals surface area (Å²) in [6, 6.07) is 13.0. The molecule has 0 radical (unpaired) electrons. The summed E-state index contributed by atoms with van der Waals surface area (Å²) in [5.74, 6) is 0.679. The van der Waals surface area contributed by atoms with E-state index in [9.17, 15) is 5.11 Å². The van der Waals surface area contributed by atoms with E-state index in [2.05, 4.69) is 22.6 Å². The second-order valence-electron chi connectivity index (χ2n) is 3.81. The highest BCUT2D eigenvalue weighted by Gasteiger charge is 2.16. The fraction of sp³-hybridized carbons (Fsp3) is 0.143. The van der Waals surface area contributed by atoms with Crippen LogP contribution in [0.5, 0.6) is 5.75 Å². The van der Waals surface area contributed by atoms with Crippen LogP contribution in [0.4, 0.5) is 0 Å². The van der Waals surface area contributed by atoms with Crippen molar-refractivity contribution in [2.75, 3.05) is 7.11 Å². The van der Waals surface area contributed by atoms with Gasteiger partial charge in [0.15, 0.2) is 0 Å². The van der Waals surface area contributed by atoms with Gasteiger partial charge in [0, 0.05) is 9.13 Å². The van der Waals surface area contributed by atoms with Crippen molar-refractivity contribution in [2.45, 2.75) is 6.10 Å². The number of ether oxygens (including phenoxy) is 1. The van der Waals surface area contributed by atoms with E-state index in [-0.39, 0.29) is 0 Å². The van der Waals surface area contributed by atoms with E-state index < -0.39 is 6.10 Å². The van der Waals surface area contributed by atoms with Crippen LogP contribution in [0.2, 0.25) is 5.02 Å². The van der Waals surface area contributed by atoms with Gasteiger partial charge in [-0.3, -0.25) is 0 Å². The molecule has 2 aromatic rings. The Kier molecular flexibility index (Phi) is 4.48. The first kappa shape index (κ1) is 13.6. The number of aliphatic hydroxyl groups is 1. The smallest absolute Gasteiger partial charge is 0.120 e. The SMILES string of the molecule is COc1ccc(C(O)c2ccccc2I)c(Cl)c1. The van der Waals surface area contributed by atoms with E-state index in [1.54, 1.807) is 25.3 Å². The van der Waals surface area contributed by atoms with Crippen LogP contribution in [0.25, 0.3) is 0 Å². The first-order chi connectivity index (χ1) is 8.63. The third-order valence-corrected chi connectivity index (χ3v) is 4.01. The normalized spacial score (nSPS) is 12.2. The van der Waals surface area contributed by atoms with Gasteiger partial charge >= 0.3 is 0 Å². The quantitative estimate of drug-likeness (QED) is 0.822. The summed E-state index contributed by atoms with van der Waals surface area (Å²) in [4.78, 5) is 0. The molecule has 1 atom stereocenters. The zero-order chi connectivity index (χ0) is 13.1.